The van der Waals surface area contributed by atoms with Crippen LogP contribution in [0.25, 0.3) is 0 Å². The SMILES string of the molecule is CC(C)[C@](C)(C#N)NC(=O)[C@@H](C)OC(=O)c1ccccc1NCCO. The molecule has 0 bridgehead atoms. The molecule has 0 fully saturated rings. The molecule has 0 aliphatic rings. The van der Waals surface area contributed by atoms with Gasteiger partial charge in [-0.25, -0.2) is 4.79 Å². The van der Waals surface area contributed by atoms with Crippen LogP contribution in [-0.2, 0) is 9.53 Å². The molecule has 0 saturated carbocycles. The second-order valence-corrected chi connectivity index (χ2v) is 6.20. The average molecular weight is 347 g/mol. The third-order valence-corrected chi connectivity index (χ3v) is 4.00. The standard InChI is InChI=1S/C18H25N3O4/c1-12(2)18(4,11-19)21-16(23)13(3)25-17(24)14-7-5-6-8-15(14)20-9-10-22/h5-8,12-13,20,22H,9-10H2,1-4H3,(H,21,23)/t13-,18+/m1/s1. The molecule has 0 saturated heterocycles. The molecule has 0 radical (unpaired) electrons. The van der Waals surface area contributed by atoms with Crippen LogP contribution in [0.1, 0.15) is 38.1 Å². The van der Waals surface area contributed by atoms with Crippen molar-refractivity contribution in [1.29, 1.82) is 5.26 Å². The van der Waals surface area contributed by atoms with E-state index in [1.807, 2.05) is 13.8 Å². The van der Waals surface area contributed by atoms with E-state index in [1.165, 1.54) is 6.92 Å². The fraction of sp³-hybridized carbons (Fsp3) is 0.500. The second kappa shape index (κ2) is 9.04. The number of anilines is 1. The summed E-state index contributed by atoms with van der Waals surface area (Å²) in [6.07, 6.45) is -1.05. The number of hydrogen-bond donors (Lipinski definition) is 3. The Hall–Kier alpha value is -2.59. The minimum Gasteiger partial charge on any atom is -0.449 e. The topological polar surface area (TPSA) is 111 Å². The minimum atomic E-state index is -1.05. The van der Waals surface area contributed by atoms with Crippen molar-refractivity contribution in [2.45, 2.75) is 39.3 Å². The van der Waals surface area contributed by atoms with Crippen LogP contribution in [0.2, 0.25) is 0 Å². The predicted octanol–water partition coefficient (Wildman–Crippen LogP) is 1.69. The van der Waals surface area contributed by atoms with Gasteiger partial charge in [0, 0.05) is 12.2 Å². The molecule has 3 N–H and O–H groups in total. The van der Waals surface area contributed by atoms with Crippen molar-refractivity contribution < 1.29 is 19.4 Å². The smallest absolute Gasteiger partial charge is 0.341 e. The highest BCUT2D eigenvalue weighted by atomic mass is 16.5. The number of amides is 1. The number of hydrogen-bond acceptors (Lipinski definition) is 6. The molecule has 7 heteroatoms. The largest absolute Gasteiger partial charge is 0.449 e. The minimum absolute atomic E-state index is 0.0792. The Labute approximate surface area is 148 Å². The van der Waals surface area contributed by atoms with Gasteiger partial charge in [0.25, 0.3) is 5.91 Å². The Balaban J connectivity index is 2.80. The predicted molar refractivity (Wildman–Crippen MR) is 93.9 cm³/mol. The summed E-state index contributed by atoms with van der Waals surface area (Å²) in [6, 6.07) is 8.75. The Morgan fingerprint density at radius 2 is 1.96 bits per heavy atom. The molecule has 0 aliphatic heterocycles. The van der Waals surface area contributed by atoms with Gasteiger partial charge in [-0.1, -0.05) is 26.0 Å². The number of para-hydroxylation sites is 1. The molecule has 2 atom stereocenters. The molecular formula is C18H25N3O4. The van der Waals surface area contributed by atoms with Gasteiger partial charge in [-0.05, 0) is 31.9 Å². The van der Waals surface area contributed by atoms with E-state index in [1.54, 1.807) is 31.2 Å². The number of carbonyl (C=O) groups excluding carboxylic acids is 2. The summed E-state index contributed by atoms with van der Waals surface area (Å²) in [7, 11) is 0. The van der Waals surface area contributed by atoms with E-state index in [9.17, 15) is 14.9 Å². The number of carbonyl (C=O) groups is 2. The molecule has 1 aromatic rings. The van der Waals surface area contributed by atoms with Crippen LogP contribution in [0, 0.1) is 17.2 Å². The summed E-state index contributed by atoms with van der Waals surface area (Å²) in [6.45, 7) is 6.93. The number of aliphatic hydroxyl groups is 1. The highest BCUT2D eigenvalue weighted by molar-refractivity contribution is 5.97. The lowest BCUT2D eigenvalue weighted by atomic mass is 9.90. The number of nitriles is 1. The van der Waals surface area contributed by atoms with Crippen molar-refractivity contribution in [2.24, 2.45) is 5.92 Å². The average Bonchev–Trinajstić information content (AvgIpc) is 2.59. The lowest BCUT2D eigenvalue weighted by molar-refractivity contribution is -0.130. The zero-order chi connectivity index (χ0) is 19.0. The van der Waals surface area contributed by atoms with Gasteiger partial charge in [-0.3, -0.25) is 4.79 Å². The number of nitrogens with one attached hydrogen (secondary N) is 2. The Kier molecular flexibility index (Phi) is 7.40. The summed E-state index contributed by atoms with van der Waals surface area (Å²) in [5, 5.41) is 23.7. The molecule has 0 heterocycles. The normalized spacial score (nSPS) is 14.1. The molecule has 7 nitrogen and oxygen atoms in total. The van der Waals surface area contributed by atoms with E-state index < -0.39 is 23.5 Å². The zero-order valence-corrected chi connectivity index (χ0v) is 15.0. The van der Waals surface area contributed by atoms with Gasteiger partial charge in [0.1, 0.15) is 5.54 Å². The van der Waals surface area contributed by atoms with Gasteiger partial charge >= 0.3 is 5.97 Å². The van der Waals surface area contributed by atoms with Crippen LogP contribution in [0.3, 0.4) is 0 Å². The van der Waals surface area contributed by atoms with Crippen molar-refractivity contribution in [3.8, 4) is 6.07 Å². The third kappa shape index (κ3) is 5.47. The first kappa shape index (κ1) is 20.5. The molecule has 0 aromatic heterocycles. The lowest BCUT2D eigenvalue weighted by Crippen LogP contribution is -2.52. The third-order valence-electron chi connectivity index (χ3n) is 4.00. The molecule has 0 unspecified atom stereocenters. The van der Waals surface area contributed by atoms with Gasteiger partial charge in [0.05, 0.1) is 18.2 Å². The van der Waals surface area contributed by atoms with E-state index in [0.29, 0.717) is 5.69 Å². The fourth-order valence-electron chi connectivity index (χ4n) is 1.94. The van der Waals surface area contributed by atoms with Crippen LogP contribution in [-0.4, -0.2) is 41.8 Å². The van der Waals surface area contributed by atoms with Crippen LogP contribution < -0.4 is 10.6 Å². The molecule has 1 rings (SSSR count). The molecular weight excluding hydrogens is 322 g/mol. The highest BCUT2D eigenvalue weighted by Gasteiger charge is 2.32. The molecule has 136 valence electrons. The molecule has 1 aromatic carbocycles. The van der Waals surface area contributed by atoms with E-state index in [4.69, 9.17) is 9.84 Å². The first-order valence-corrected chi connectivity index (χ1v) is 8.13. The quantitative estimate of drug-likeness (QED) is 0.617. The monoisotopic (exact) mass is 347 g/mol. The summed E-state index contributed by atoms with van der Waals surface area (Å²) in [4.78, 5) is 24.6. The Morgan fingerprint density at radius 1 is 1.32 bits per heavy atom. The van der Waals surface area contributed by atoms with Crippen molar-refractivity contribution >= 4 is 17.6 Å². The van der Waals surface area contributed by atoms with Crippen molar-refractivity contribution in [1.82, 2.24) is 5.32 Å². The molecule has 25 heavy (non-hydrogen) atoms. The maximum Gasteiger partial charge on any atom is 0.341 e. The van der Waals surface area contributed by atoms with Crippen molar-refractivity contribution in [3.63, 3.8) is 0 Å². The number of aliphatic hydroxyl groups excluding tert-OH is 1. The maximum absolute atomic E-state index is 12.3. The fourth-order valence-corrected chi connectivity index (χ4v) is 1.94. The van der Waals surface area contributed by atoms with Crippen LogP contribution >= 0.6 is 0 Å². The Bertz CT molecular complexity index is 654. The van der Waals surface area contributed by atoms with Crippen LogP contribution in [0.15, 0.2) is 24.3 Å². The second-order valence-electron chi connectivity index (χ2n) is 6.20. The van der Waals surface area contributed by atoms with Gasteiger partial charge < -0.3 is 20.5 Å². The molecule has 0 aliphatic carbocycles. The summed E-state index contributed by atoms with van der Waals surface area (Å²) < 4.78 is 5.23. The number of rotatable bonds is 8. The van der Waals surface area contributed by atoms with Crippen molar-refractivity contribution in [3.05, 3.63) is 29.8 Å². The zero-order valence-electron chi connectivity index (χ0n) is 15.0. The first-order valence-electron chi connectivity index (χ1n) is 8.13. The lowest BCUT2D eigenvalue weighted by Gasteiger charge is -2.28. The number of ether oxygens (including phenoxy) is 1. The Morgan fingerprint density at radius 3 is 2.52 bits per heavy atom. The van der Waals surface area contributed by atoms with E-state index >= 15 is 0 Å². The van der Waals surface area contributed by atoms with Crippen LogP contribution in [0.5, 0.6) is 0 Å². The number of benzene rings is 1. The first-order chi connectivity index (χ1) is 11.7. The molecule has 1 amide bonds. The highest BCUT2D eigenvalue weighted by Crippen LogP contribution is 2.18. The van der Waals surface area contributed by atoms with Crippen LogP contribution in [0.4, 0.5) is 5.69 Å². The van der Waals surface area contributed by atoms with E-state index in [-0.39, 0.29) is 24.6 Å². The van der Waals surface area contributed by atoms with E-state index in [0.717, 1.165) is 0 Å². The van der Waals surface area contributed by atoms with Crippen molar-refractivity contribution in [2.75, 3.05) is 18.5 Å². The summed E-state index contributed by atoms with van der Waals surface area (Å²) in [5.41, 5.74) is -0.265. The van der Waals surface area contributed by atoms with Gasteiger partial charge in [-0.2, -0.15) is 5.26 Å². The van der Waals surface area contributed by atoms with Gasteiger partial charge in [0.2, 0.25) is 0 Å². The molecule has 0 spiro atoms. The number of esters is 1. The van der Waals surface area contributed by atoms with Gasteiger partial charge in [-0.15, -0.1) is 0 Å². The maximum atomic E-state index is 12.3. The summed E-state index contributed by atoms with van der Waals surface area (Å²) in [5.74, 6) is -1.30. The summed E-state index contributed by atoms with van der Waals surface area (Å²) >= 11 is 0. The number of nitrogens with zero attached hydrogens (tertiary/aromatic N) is 1. The van der Waals surface area contributed by atoms with E-state index in [2.05, 4.69) is 16.7 Å². The van der Waals surface area contributed by atoms with Gasteiger partial charge in [0.15, 0.2) is 6.10 Å².